The number of nitrogens with zero attached hydrogens (tertiary/aromatic N) is 2. The highest BCUT2D eigenvalue weighted by Crippen LogP contribution is 2.47. The minimum absolute atomic E-state index is 0.0450. The van der Waals surface area contributed by atoms with Gasteiger partial charge in [0.2, 0.25) is 35.9 Å². The summed E-state index contributed by atoms with van der Waals surface area (Å²) in [6.45, 7) is 0.896. The molecule has 0 bridgehead atoms. The third kappa shape index (κ3) is 10.5. The van der Waals surface area contributed by atoms with E-state index in [0.29, 0.717) is 57.4 Å². The lowest BCUT2D eigenvalue weighted by molar-refractivity contribution is -0.172. The molecule has 6 aromatic rings. The number of aliphatic hydroxyl groups is 2. The summed E-state index contributed by atoms with van der Waals surface area (Å²) in [5.41, 5.74) is 6.28. The predicted molar refractivity (Wildman–Crippen MR) is 279 cm³/mol. The van der Waals surface area contributed by atoms with E-state index in [-0.39, 0.29) is 56.2 Å². The van der Waals surface area contributed by atoms with Gasteiger partial charge in [0.15, 0.2) is 5.60 Å². The van der Waals surface area contributed by atoms with Crippen LogP contribution in [0.15, 0.2) is 95.8 Å². The van der Waals surface area contributed by atoms with Crippen molar-refractivity contribution in [3.63, 3.8) is 0 Å². The molecule has 20 nitrogen and oxygen atoms in total. The van der Waals surface area contributed by atoms with Gasteiger partial charge in [-0.15, -0.1) is 0 Å². The summed E-state index contributed by atoms with van der Waals surface area (Å²) in [6.07, 6.45) is -0.688. The molecule has 4 heterocycles. The summed E-state index contributed by atoms with van der Waals surface area (Å²) in [5.74, 6) is -4.64. The second-order valence-electron chi connectivity index (χ2n) is 19.7. The second kappa shape index (κ2) is 22.4. The molecule has 8 N–H and O–H groups in total. The normalized spacial score (nSPS) is 17.3. The molecule has 4 atom stereocenters. The number of benzene rings is 4. The van der Waals surface area contributed by atoms with E-state index in [9.17, 15) is 43.8 Å². The molecule has 10 rings (SSSR count). The van der Waals surface area contributed by atoms with Crippen molar-refractivity contribution >= 4 is 46.4 Å². The molecular formula is C57H57FN8O12. The van der Waals surface area contributed by atoms with Crippen molar-refractivity contribution in [3.8, 4) is 22.5 Å². The summed E-state index contributed by atoms with van der Waals surface area (Å²) in [4.78, 5) is 97.2. The number of aliphatic hydroxyl groups excluding tert-OH is 1. The number of fused-ring (bicyclic) bond motifs is 8. The van der Waals surface area contributed by atoms with Gasteiger partial charge in [0.05, 0.1) is 61.3 Å². The van der Waals surface area contributed by atoms with Gasteiger partial charge in [0, 0.05) is 34.9 Å². The van der Waals surface area contributed by atoms with E-state index in [2.05, 4.69) is 31.9 Å². The number of aryl methyl sites for hydroxylation is 1. The van der Waals surface area contributed by atoms with Crippen LogP contribution < -0.4 is 37.5 Å². The smallest absolute Gasteiger partial charge is 0.343 e. The zero-order valence-electron chi connectivity index (χ0n) is 42.7. The van der Waals surface area contributed by atoms with Crippen molar-refractivity contribution in [1.82, 2.24) is 41.5 Å². The fourth-order valence-corrected chi connectivity index (χ4v) is 11.0. The van der Waals surface area contributed by atoms with Crippen LogP contribution >= 0.6 is 0 Å². The fourth-order valence-electron chi connectivity index (χ4n) is 11.0. The SMILES string of the molecule is CC[C@@]1(O)C(=O)OCc2c1cc1n(c2=O)Cc2c-1nc1cc(F)c(C)c3c1c2[C@@H](NC(=O)COCNC(=O)CNC(=O)[C@H](Cc1ccccc1)NC(=O)CNC(=O)CNC(O)OCC1c2ccccc2-c2ccccc21)CC3. The number of hydrogen-bond acceptors (Lipinski definition) is 14. The van der Waals surface area contributed by atoms with Crippen molar-refractivity contribution in [2.45, 2.75) is 82.7 Å². The molecule has 5 amide bonds. The van der Waals surface area contributed by atoms with Crippen LogP contribution in [0.2, 0.25) is 0 Å². The quantitative estimate of drug-likeness (QED) is 0.0310. The summed E-state index contributed by atoms with van der Waals surface area (Å²) in [7, 11) is 0. The Kier molecular flexibility index (Phi) is 15.3. The van der Waals surface area contributed by atoms with Crippen LogP contribution in [0.5, 0.6) is 0 Å². The molecule has 78 heavy (non-hydrogen) atoms. The first kappa shape index (κ1) is 53.2. The molecule has 2 aromatic heterocycles. The monoisotopic (exact) mass is 1060 g/mol. The third-order valence-electron chi connectivity index (χ3n) is 14.9. The van der Waals surface area contributed by atoms with Crippen LogP contribution in [0.1, 0.15) is 81.8 Å². The maximum absolute atomic E-state index is 15.4. The number of hydrogen-bond donors (Lipinski definition) is 8. The van der Waals surface area contributed by atoms with Gasteiger partial charge in [0.25, 0.3) is 5.56 Å². The van der Waals surface area contributed by atoms with Crippen molar-refractivity contribution in [3.05, 3.63) is 157 Å². The topological polar surface area (TPSA) is 278 Å². The number of esters is 1. The van der Waals surface area contributed by atoms with E-state index < -0.39 is 97.4 Å². The van der Waals surface area contributed by atoms with Gasteiger partial charge in [-0.2, -0.15) is 0 Å². The first-order valence-corrected chi connectivity index (χ1v) is 25.7. The van der Waals surface area contributed by atoms with Crippen LogP contribution in [-0.2, 0) is 74.6 Å². The van der Waals surface area contributed by atoms with Crippen molar-refractivity contribution in [2.75, 3.05) is 39.6 Å². The highest BCUT2D eigenvalue weighted by Gasteiger charge is 2.46. The van der Waals surface area contributed by atoms with Crippen LogP contribution in [0.4, 0.5) is 4.39 Å². The van der Waals surface area contributed by atoms with Gasteiger partial charge < -0.3 is 55.6 Å². The average Bonchev–Trinajstić information content (AvgIpc) is 3.92. The molecule has 0 fully saturated rings. The number of carbonyl (C=O) groups excluding carboxylic acids is 6. The number of ether oxygens (including phenoxy) is 3. The van der Waals surface area contributed by atoms with E-state index in [1.165, 1.54) is 10.6 Å². The number of nitrogens with one attached hydrogen (secondary N) is 6. The number of pyridine rings is 2. The number of rotatable bonds is 20. The Bertz CT molecular complexity index is 3420. The molecule has 404 valence electrons. The lowest BCUT2D eigenvalue weighted by Crippen LogP contribution is -2.52. The number of cyclic esters (lactones) is 1. The highest BCUT2D eigenvalue weighted by atomic mass is 19.1. The summed E-state index contributed by atoms with van der Waals surface area (Å²) >= 11 is 0. The predicted octanol–water partition coefficient (Wildman–Crippen LogP) is 2.38. The molecule has 4 aliphatic rings. The zero-order valence-corrected chi connectivity index (χ0v) is 42.7. The summed E-state index contributed by atoms with van der Waals surface area (Å²) < 4.78 is 33.3. The molecular weight excluding hydrogens is 1010 g/mol. The van der Waals surface area contributed by atoms with Crippen LogP contribution in [0.3, 0.4) is 0 Å². The molecule has 2 aliphatic heterocycles. The summed E-state index contributed by atoms with van der Waals surface area (Å²) in [6, 6.07) is 25.9. The molecule has 4 aromatic carbocycles. The van der Waals surface area contributed by atoms with Gasteiger partial charge >= 0.3 is 5.97 Å². The van der Waals surface area contributed by atoms with Gasteiger partial charge in [-0.3, -0.25) is 34.1 Å². The van der Waals surface area contributed by atoms with Gasteiger partial charge in [-0.05, 0) is 76.8 Å². The number of halogens is 1. The number of aromatic nitrogens is 2. The van der Waals surface area contributed by atoms with E-state index in [1.807, 2.05) is 48.5 Å². The molecule has 1 unspecified atom stereocenters. The third-order valence-corrected chi connectivity index (χ3v) is 14.9. The minimum Gasteiger partial charge on any atom is -0.458 e. The Labute approximate surface area is 446 Å². The molecule has 0 spiro atoms. The van der Waals surface area contributed by atoms with Gasteiger partial charge in [-0.1, -0.05) is 85.8 Å². The number of amides is 5. The molecule has 0 radical (unpaired) electrons. The van der Waals surface area contributed by atoms with E-state index in [1.54, 1.807) is 50.2 Å². The fraction of sp³-hybridized carbons (Fsp3) is 0.333. The summed E-state index contributed by atoms with van der Waals surface area (Å²) in [5, 5.41) is 38.2. The maximum Gasteiger partial charge on any atom is 0.343 e. The van der Waals surface area contributed by atoms with Crippen molar-refractivity contribution < 1.29 is 57.6 Å². The average molecular weight is 1070 g/mol. The molecule has 2 aliphatic carbocycles. The first-order chi connectivity index (χ1) is 37.6. The molecule has 21 heteroatoms. The van der Waals surface area contributed by atoms with Crippen LogP contribution in [0.25, 0.3) is 33.4 Å². The number of carbonyl (C=O) groups is 6. The van der Waals surface area contributed by atoms with Crippen LogP contribution in [-0.4, -0.2) is 107 Å². The second-order valence-corrected chi connectivity index (χ2v) is 19.7. The maximum atomic E-state index is 15.4. The van der Waals surface area contributed by atoms with Crippen molar-refractivity contribution in [1.29, 1.82) is 0 Å². The Morgan fingerprint density at radius 2 is 1.55 bits per heavy atom. The first-order valence-electron chi connectivity index (χ1n) is 25.7. The van der Waals surface area contributed by atoms with Gasteiger partial charge in [0.1, 0.15) is 31.8 Å². The zero-order chi connectivity index (χ0) is 54.8. The lowest BCUT2D eigenvalue weighted by Gasteiger charge is -2.31. The van der Waals surface area contributed by atoms with Crippen molar-refractivity contribution in [2.24, 2.45) is 0 Å². The lowest BCUT2D eigenvalue weighted by atomic mass is 9.81. The van der Waals surface area contributed by atoms with Gasteiger partial charge in [-0.25, -0.2) is 14.2 Å². The van der Waals surface area contributed by atoms with E-state index >= 15 is 4.39 Å². The Morgan fingerprint density at radius 3 is 2.28 bits per heavy atom. The van der Waals surface area contributed by atoms with E-state index in [0.717, 1.165) is 27.8 Å². The largest absolute Gasteiger partial charge is 0.458 e. The van der Waals surface area contributed by atoms with Crippen LogP contribution in [0, 0.1) is 12.7 Å². The van der Waals surface area contributed by atoms with E-state index in [4.69, 9.17) is 19.2 Å². The Morgan fingerprint density at radius 1 is 0.859 bits per heavy atom. The minimum atomic E-state index is -2.05. The standard InChI is InChI=1S/C57H57FN8O12/c1-3-57(75)40-20-45-52-37(25-66(45)54(72)39(40)27-77-55(57)73)51-42(18-17-32-30(2)41(58)21-43(65-52)50(32)51)63-49(70)28-76-29-62-47(68)22-60-53(71)44(19-31-11-5-4-6-12-31)64-48(69)24-59-46(67)23-61-56(74)78-26-38-35-15-9-7-13-33(35)34-14-8-10-16-36(34)38/h4-16,20-21,38,42,44,56,61,74-75H,3,17-19,22-29H2,1-2H3,(H,59,67)(H,60,71)(H,62,68)(H,63,70)(H,64,69)/t42-,44-,56?,57-/m0/s1. The molecule has 0 saturated carbocycles. The Hall–Kier alpha value is -8.21. The molecule has 0 saturated heterocycles. The Balaban J connectivity index is 0.699. The highest BCUT2D eigenvalue weighted by molar-refractivity contribution is 5.95.